The molecule has 2 aromatic carbocycles. The molecular weight excluding hydrogens is 528 g/mol. The highest BCUT2D eigenvalue weighted by Gasteiger charge is 2.21. The van der Waals surface area contributed by atoms with Crippen molar-refractivity contribution in [2.45, 2.75) is 71.2 Å². The van der Waals surface area contributed by atoms with Crippen molar-refractivity contribution in [2.24, 2.45) is 0 Å². The van der Waals surface area contributed by atoms with Gasteiger partial charge in [-0.05, 0) is 56.9 Å². The van der Waals surface area contributed by atoms with Crippen LogP contribution in [0, 0.1) is 0 Å². The molecule has 41 heavy (non-hydrogen) atoms. The Morgan fingerprint density at radius 1 is 0.805 bits per heavy atom. The third-order valence-electron chi connectivity index (χ3n) is 5.72. The van der Waals surface area contributed by atoms with E-state index in [1.165, 1.54) is 0 Å². The number of hydrogen-bond donors (Lipinski definition) is 4. The van der Waals surface area contributed by atoms with Crippen LogP contribution in [-0.4, -0.2) is 55.8 Å². The minimum absolute atomic E-state index is 0.0769. The molecule has 2 aromatic rings. The second-order valence-electron chi connectivity index (χ2n) is 10.4. The van der Waals surface area contributed by atoms with Crippen LogP contribution in [0.15, 0.2) is 54.6 Å². The van der Waals surface area contributed by atoms with E-state index < -0.39 is 29.7 Å². The maximum Gasteiger partial charge on any atom is 0.407 e. The number of nitrogens with one attached hydrogen (secondary N) is 4. The van der Waals surface area contributed by atoms with Crippen LogP contribution in [0.5, 0.6) is 5.75 Å². The van der Waals surface area contributed by atoms with E-state index in [0.717, 1.165) is 17.5 Å². The summed E-state index contributed by atoms with van der Waals surface area (Å²) in [4.78, 5) is 49.3. The van der Waals surface area contributed by atoms with E-state index in [-0.39, 0.29) is 25.6 Å². The van der Waals surface area contributed by atoms with Crippen molar-refractivity contribution in [2.75, 3.05) is 20.2 Å². The molecule has 0 saturated carbocycles. The largest absolute Gasteiger partial charge is 0.497 e. The Morgan fingerprint density at radius 3 is 2.17 bits per heavy atom. The number of hydrogen-bond acceptors (Lipinski definition) is 7. The number of carbonyl (C=O) groups is 4. The number of amides is 4. The fourth-order valence-corrected chi connectivity index (χ4v) is 3.65. The molecule has 224 valence electrons. The first-order chi connectivity index (χ1) is 19.6. The summed E-state index contributed by atoms with van der Waals surface area (Å²) in [5.41, 5.74) is 1.13. The Balaban J connectivity index is 1.82. The van der Waals surface area contributed by atoms with Gasteiger partial charge in [-0.2, -0.15) is 0 Å². The second kappa shape index (κ2) is 17.4. The van der Waals surface area contributed by atoms with Crippen LogP contribution in [0.3, 0.4) is 0 Å². The maximum absolute atomic E-state index is 13.0. The molecule has 4 N–H and O–H groups in total. The summed E-state index contributed by atoms with van der Waals surface area (Å²) in [6.07, 6.45) is 1.20. The number of carbonyl (C=O) groups excluding carboxylic acids is 4. The van der Waals surface area contributed by atoms with Crippen LogP contribution < -0.4 is 26.0 Å². The van der Waals surface area contributed by atoms with Gasteiger partial charge < -0.3 is 35.5 Å². The van der Waals surface area contributed by atoms with Crippen molar-refractivity contribution in [3.63, 3.8) is 0 Å². The number of alkyl carbamates (subject to hydrolysis) is 2. The monoisotopic (exact) mass is 570 g/mol. The van der Waals surface area contributed by atoms with Crippen LogP contribution in [0.4, 0.5) is 9.59 Å². The summed E-state index contributed by atoms with van der Waals surface area (Å²) in [5, 5.41) is 10.7. The van der Waals surface area contributed by atoms with E-state index in [2.05, 4.69) is 21.3 Å². The lowest BCUT2D eigenvalue weighted by molar-refractivity contribution is -0.128. The number of ether oxygens (including phenoxy) is 3. The lowest BCUT2D eigenvalue weighted by Gasteiger charge is -2.20. The van der Waals surface area contributed by atoms with Gasteiger partial charge in [-0.25, -0.2) is 9.59 Å². The van der Waals surface area contributed by atoms with Crippen LogP contribution >= 0.6 is 0 Å². The fourth-order valence-electron chi connectivity index (χ4n) is 3.65. The highest BCUT2D eigenvalue weighted by Crippen LogP contribution is 2.12. The highest BCUT2D eigenvalue weighted by atomic mass is 16.6. The van der Waals surface area contributed by atoms with Crippen LogP contribution in [0.2, 0.25) is 0 Å². The van der Waals surface area contributed by atoms with Crippen LogP contribution in [0.1, 0.15) is 57.6 Å². The molecule has 0 aliphatic heterocycles. The molecule has 11 heteroatoms. The first kappa shape index (κ1) is 32.9. The quantitative estimate of drug-likeness (QED) is 0.238. The van der Waals surface area contributed by atoms with Gasteiger partial charge in [-0.3, -0.25) is 9.59 Å². The topological polar surface area (TPSA) is 144 Å². The molecule has 11 nitrogen and oxygen atoms in total. The van der Waals surface area contributed by atoms with Crippen molar-refractivity contribution in [3.05, 3.63) is 65.7 Å². The molecule has 1 atom stereocenters. The predicted molar refractivity (Wildman–Crippen MR) is 154 cm³/mol. The highest BCUT2D eigenvalue weighted by molar-refractivity contribution is 5.89. The Hall–Kier alpha value is -4.28. The molecule has 0 fully saturated rings. The molecule has 0 aliphatic rings. The number of rotatable bonds is 15. The van der Waals surface area contributed by atoms with Crippen molar-refractivity contribution >= 4 is 24.0 Å². The molecule has 0 saturated heterocycles. The summed E-state index contributed by atoms with van der Waals surface area (Å²) in [5.74, 6) is -0.147. The zero-order valence-corrected chi connectivity index (χ0v) is 24.3. The summed E-state index contributed by atoms with van der Waals surface area (Å²) < 4.78 is 15.5. The molecule has 1 unspecified atom stereocenters. The lowest BCUT2D eigenvalue weighted by atomic mass is 10.1. The summed E-state index contributed by atoms with van der Waals surface area (Å²) in [6, 6.07) is 15.7. The van der Waals surface area contributed by atoms with Crippen molar-refractivity contribution < 1.29 is 33.4 Å². The Kier molecular flexibility index (Phi) is 14.0. The van der Waals surface area contributed by atoms with Gasteiger partial charge in [0.25, 0.3) is 0 Å². The Bertz CT molecular complexity index is 1100. The van der Waals surface area contributed by atoms with Gasteiger partial charge in [0.05, 0.1) is 7.11 Å². The van der Waals surface area contributed by atoms with Gasteiger partial charge in [0.15, 0.2) is 0 Å². The first-order valence-corrected chi connectivity index (χ1v) is 13.7. The first-order valence-electron chi connectivity index (χ1n) is 13.7. The van der Waals surface area contributed by atoms with E-state index in [0.29, 0.717) is 31.6 Å². The number of methoxy groups -OCH3 is 1. The molecule has 0 spiro atoms. The normalized spacial score (nSPS) is 11.5. The van der Waals surface area contributed by atoms with Gasteiger partial charge in [0.1, 0.15) is 30.5 Å². The zero-order chi connectivity index (χ0) is 30.1. The molecule has 0 bridgehead atoms. The SMILES string of the molecule is COc1ccc(CNC(=O)C(CCCCCNC(=O)OC(C)(C)C)NC(=O)CNC(=O)OCc2ccccc2)cc1. The van der Waals surface area contributed by atoms with E-state index in [1.807, 2.05) is 42.5 Å². The van der Waals surface area contributed by atoms with Gasteiger partial charge in [-0.1, -0.05) is 55.3 Å². The fraction of sp³-hybridized carbons (Fsp3) is 0.467. The number of benzene rings is 2. The van der Waals surface area contributed by atoms with Crippen molar-refractivity contribution in [1.29, 1.82) is 0 Å². The van der Waals surface area contributed by atoms with Gasteiger partial charge in [0, 0.05) is 13.1 Å². The molecule has 0 aliphatic carbocycles. The van der Waals surface area contributed by atoms with Gasteiger partial charge in [0.2, 0.25) is 11.8 Å². The average molecular weight is 571 g/mol. The Labute approximate surface area is 241 Å². The van der Waals surface area contributed by atoms with E-state index in [1.54, 1.807) is 40.0 Å². The zero-order valence-electron chi connectivity index (χ0n) is 24.3. The molecule has 2 rings (SSSR count). The minimum Gasteiger partial charge on any atom is -0.497 e. The molecule has 0 heterocycles. The van der Waals surface area contributed by atoms with Gasteiger partial charge in [-0.15, -0.1) is 0 Å². The van der Waals surface area contributed by atoms with Gasteiger partial charge >= 0.3 is 12.2 Å². The third-order valence-corrected chi connectivity index (χ3v) is 5.72. The average Bonchev–Trinajstić information content (AvgIpc) is 2.94. The standard InChI is InChI=1S/C30H42N4O7/c1-30(2,3)41-29(38)31-18-10-6-9-13-25(27(36)32-19-22-14-16-24(39-4)17-15-22)34-26(35)20-33-28(37)40-21-23-11-7-5-8-12-23/h5,7-8,11-12,14-17,25H,6,9-10,13,18-21H2,1-4H3,(H,31,38)(H,32,36)(H,33,37)(H,34,35). The summed E-state index contributed by atoms with van der Waals surface area (Å²) >= 11 is 0. The second-order valence-corrected chi connectivity index (χ2v) is 10.4. The third kappa shape index (κ3) is 14.6. The van der Waals surface area contributed by atoms with E-state index in [4.69, 9.17) is 14.2 Å². The smallest absolute Gasteiger partial charge is 0.407 e. The Morgan fingerprint density at radius 2 is 1.51 bits per heavy atom. The molecule has 0 radical (unpaired) electrons. The maximum atomic E-state index is 13.0. The van der Waals surface area contributed by atoms with Crippen molar-refractivity contribution in [3.8, 4) is 5.75 Å². The number of unbranched alkanes of at least 4 members (excludes halogenated alkanes) is 2. The molecular formula is C30H42N4O7. The lowest BCUT2D eigenvalue weighted by Crippen LogP contribution is -2.49. The predicted octanol–water partition coefficient (Wildman–Crippen LogP) is 3.81. The summed E-state index contributed by atoms with van der Waals surface area (Å²) in [6.45, 7) is 5.84. The van der Waals surface area contributed by atoms with E-state index in [9.17, 15) is 19.2 Å². The molecule has 0 aromatic heterocycles. The summed E-state index contributed by atoms with van der Waals surface area (Å²) in [7, 11) is 1.58. The molecule has 4 amide bonds. The van der Waals surface area contributed by atoms with E-state index >= 15 is 0 Å². The van der Waals surface area contributed by atoms with Crippen LogP contribution in [-0.2, 0) is 32.2 Å². The van der Waals surface area contributed by atoms with Crippen molar-refractivity contribution in [1.82, 2.24) is 21.3 Å². The minimum atomic E-state index is -0.804. The van der Waals surface area contributed by atoms with Crippen LogP contribution in [0.25, 0.3) is 0 Å².